The van der Waals surface area contributed by atoms with E-state index < -0.39 is 21.7 Å². The molecule has 4 nitrogen and oxygen atoms in total. The van der Waals surface area contributed by atoms with Crippen LogP contribution in [0.2, 0.25) is 0 Å². The van der Waals surface area contributed by atoms with Crippen molar-refractivity contribution < 1.29 is 17.3 Å². The Morgan fingerprint density at radius 2 is 1.71 bits per heavy atom. The van der Waals surface area contributed by atoms with Gasteiger partial charge >= 0.3 is 0 Å². The van der Waals surface area contributed by atoms with E-state index in [0.717, 1.165) is 4.31 Å². The van der Waals surface area contributed by atoms with Gasteiger partial charge in [-0.2, -0.15) is 4.31 Å². The summed E-state index contributed by atoms with van der Waals surface area (Å²) in [6.45, 7) is 12.4. The van der Waals surface area contributed by atoms with E-state index in [9.17, 15) is 8.42 Å². The minimum absolute atomic E-state index is 0.159. The second-order valence-corrected chi connectivity index (χ2v) is 7.72. The zero-order chi connectivity index (χ0) is 16.6. The van der Waals surface area contributed by atoms with E-state index in [1.807, 2.05) is 27.7 Å². The molecule has 0 heterocycles. The number of hydrogen-bond acceptors (Lipinski definition) is 3. The summed E-state index contributed by atoms with van der Waals surface area (Å²) in [6.07, 6.45) is -3.30. The van der Waals surface area contributed by atoms with Crippen molar-refractivity contribution in [2.24, 2.45) is 5.41 Å². The maximum absolute atomic E-state index is 12.1. The summed E-state index contributed by atoms with van der Waals surface area (Å²) in [5, 5.41) is 0. The Balaban J connectivity index is 5.26. The molecule has 0 saturated carbocycles. The largest absolute Gasteiger partial charge is 0.362 e. The number of sulfonamides is 1. The van der Waals surface area contributed by atoms with Gasteiger partial charge in [0.15, 0.2) is 0 Å². The Kier molecular flexibility index (Phi) is 3.68. The molecule has 17 heavy (non-hydrogen) atoms. The highest BCUT2D eigenvalue weighted by Gasteiger charge is 2.31. The van der Waals surface area contributed by atoms with E-state index in [-0.39, 0.29) is 18.2 Å². The van der Waals surface area contributed by atoms with Gasteiger partial charge in [-0.3, -0.25) is 0 Å². The van der Waals surface area contributed by atoms with Gasteiger partial charge in [0.25, 0.3) is 0 Å². The smallest absolute Gasteiger partial charge is 0.213 e. The van der Waals surface area contributed by atoms with Crippen molar-refractivity contribution in [1.82, 2.24) is 4.31 Å². The molecule has 0 fully saturated rings. The van der Waals surface area contributed by atoms with Crippen LogP contribution in [0, 0.1) is 5.41 Å². The number of hydrogen-bond donors (Lipinski definition) is 0. The van der Waals surface area contributed by atoms with Crippen LogP contribution in [-0.4, -0.2) is 37.3 Å². The molecule has 104 valence electrons. The average molecular weight is 268 g/mol. The van der Waals surface area contributed by atoms with Crippen LogP contribution >= 0.6 is 0 Å². The Bertz CT molecular complexity index is 419. The molecule has 0 aromatic rings. The molecule has 0 bridgehead atoms. The Labute approximate surface area is 111 Å². The van der Waals surface area contributed by atoms with Gasteiger partial charge in [0, 0.05) is 9.65 Å². The molecule has 0 radical (unpaired) electrons. The first-order chi connectivity index (χ1) is 8.51. The summed E-state index contributed by atoms with van der Waals surface area (Å²) < 4.78 is 52.4. The molecule has 5 heteroatoms. The Morgan fingerprint density at radius 1 is 1.24 bits per heavy atom. The lowest BCUT2D eigenvalue weighted by atomic mass is 9.90. The molecular weight excluding hydrogens is 238 g/mol. The third-order valence-electron chi connectivity index (χ3n) is 2.70. The number of ether oxygens (including phenoxy) is 1. The summed E-state index contributed by atoms with van der Waals surface area (Å²) in [5.41, 5.74) is -1.03. The normalized spacial score (nSPS) is 19.6. The first-order valence-corrected chi connectivity index (χ1v) is 7.09. The minimum atomic E-state index is -4.43. The van der Waals surface area contributed by atoms with Crippen LogP contribution < -0.4 is 0 Å². The predicted molar refractivity (Wildman–Crippen MR) is 71.3 cm³/mol. The van der Waals surface area contributed by atoms with Crippen LogP contribution in [0.15, 0.2) is 0 Å². The Hall–Kier alpha value is -0.130. The summed E-state index contributed by atoms with van der Waals surface area (Å²) in [4.78, 5) is 0. The Morgan fingerprint density at radius 3 is 2.00 bits per heavy atom. The van der Waals surface area contributed by atoms with Crippen molar-refractivity contribution in [1.29, 1.82) is 0 Å². The van der Waals surface area contributed by atoms with Crippen LogP contribution in [0.5, 0.6) is 0 Å². The molecular formula is C12H27NO3S. The lowest BCUT2D eigenvalue weighted by molar-refractivity contribution is -0.0528. The summed E-state index contributed by atoms with van der Waals surface area (Å²) in [6, 6.07) is 0. The summed E-state index contributed by atoms with van der Waals surface area (Å²) >= 11 is 0. The highest BCUT2D eigenvalue weighted by Crippen LogP contribution is 2.24. The van der Waals surface area contributed by atoms with Gasteiger partial charge in [-0.05, 0) is 33.1 Å². The summed E-state index contributed by atoms with van der Waals surface area (Å²) in [7, 11) is -4.43. The van der Waals surface area contributed by atoms with Crippen LogP contribution in [-0.2, 0) is 14.8 Å². The van der Waals surface area contributed by atoms with Crippen LogP contribution in [0.3, 0.4) is 0 Å². The van der Waals surface area contributed by atoms with Gasteiger partial charge in [0.2, 0.25) is 10.0 Å². The third kappa shape index (κ3) is 5.84. The molecule has 0 amide bonds. The number of nitrogens with zero attached hydrogens (tertiary/aromatic N) is 1. The first-order valence-electron chi connectivity index (χ1n) is 7.15. The molecule has 0 aromatic heterocycles. The molecule has 1 atom stereocenters. The van der Waals surface area contributed by atoms with E-state index in [2.05, 4.69) is 0 Å². The molecule has 0 aliphatic heterocycles. The zero-order valence-corrected chi connectivity index (χ0v) is 12.7. The molecule has 0 aliphatic carbocycles. The molecule has 0 saturated heterocycles. The molecule has 0 N–H and O–H groups in total. The van der Waals surface area contributed by atoms with Crippen LogP contribution in [0.1, 0.15) is 52.6 Å². The van der Waals surface area contributed by atoms with Gasteiger partial charge < -0.3 is 4.74 Å². The van der Waals surface area contributed by atoms with Crippen molar-refractivity contribution in [2.45, 2.75) is 60.1 Å². The van der Waals surface area contributed by atoms with Gasteiger partial charge in [-0.25, -0.2) is 8.42 Å². The fraction of sp³-hybridized carbons (Fsp3) is 1.00. The number of rotatable bonds is 4. The maximum atomic E-state index is 12.1. The fourth-order valence-corrected chi connectivity index (χ4v) is 1.97. The fourth-order valence-electron chi connectivity index (χ4n) is 1.05. The second kappa shape index (κ2) is 5.24. The van der Waals surface area contributed by atoms with Crippen LogP contribution in [0.4, 0.5) is 0 Å². The SMILES string of the molecule is [2H]C([2H])([2H])S(=O)(=O)N(COC(C)C(C)(C)C)C(C)(C)C. The topological polar surface area (TPSA) is 46.6 Å². The molecule has 0 aliphatic rings. The lowest BCUT2D eigenvalue weighted by Gasteiger charge is -2.35. The predicted octanol–water partition coefficient (Wildman–Crippen LogP) is 2.46. The van der Waals surface area contributed by atoms with E-state index in [4.69, 9.17) is 8.85 Å². The van der Waals surface area contributed by atoms with Gasteiger partial charge in [-0.15, -0.1) is 0 Å². The minimum Gasteiger partial charge on any atom is -0.362 e. The molecule has 1 unspecified atom stereocenters. The van der Waals surface area contributed by atoms with Crippen molar-refractivity contribution in [2.75, 3.05) is 12.9 Å². The highest BCUT2D eigenvalue weighted by atomic mass is 32.2. The maximum Gasteiger partial charge on any atom is 0.213 e. The molecule has 0 rings (SSSR count). The van der Waals surface area contributed by atoms with Crippen molar-refractivity contribution in [3.05, 3.63) is 0 Å². The van der Waals surface area contributed by atoms with Gasteiger partial charge in [-0.1, -0.05) is 20.8 Å². The van der Waals surface area contributed by atoms with E-state index in [0.29, 0.717) is 0 Å². The van der Waals surface area contributed by atoms with E-state index in [1.165, 1.54) is 0 Å². The van der Waals surface area contributed by atoms with Gasteiger partial charge in [0.05, 0.1) is 12.3 Å². The average Bonchev–Trinajstić information content (AvgIpc) is 2.11. The highest BCUT2D eigenvalue weighted by molar-refractivity contribution is 7.88. The van der Waals surface area contributed by atoms with E-state index >= 15 is 0 Å². The molecule has 0 aromatic carbocycles. The summed E-state index contributed by atoms with van der Waals surface area (Å²) in [5.74, 6) is 0. The third-order valence-corrected chi connectivity index (χ3v) is 3.93. The van der Waals surface area contributed by atoms with E-state index in [1.54, 1.807) is 20.8 Å². The van der Waals surface area contributed by atoms with Crippen molar-refractivity contribution >= 4 is 10.0 Å². The first kappa shape index (κ1) is 11.9. The van der Waals surface area contributed by atoms with Crippen molar-refractivity contribution in [3.8, 4) is 0 Å². The molecule has 0 spiro atoms. The van der Waals surface area contributed by atoms with Crippen LogP contribution in [0.25, 0.3) is 0 Å². The quantitative estimate of drug-likeness (QED) is 0.736. The zero-order valence-electron chi connectivity index (χ0n) is 14.9. The second-order valence-electron chi connectivity index (χ2n) is 6.33. The standard InChI is InChI=1S/C12H27NO3S/c1-10(11(2,3)4)16-9-13(12(5,6)7)17(8,14)15/h10H,9H2,1-8H3/i8D3. The van der Waals surface area contributed by atoms with Gasteiger partial charge in [0.1, 0.15) is 6.73 Å². The lowest BCUT2D eigenvalue weighted by Crippen LogP contribution is -2.47. The monoisotopic (exact) mass is 268 g/mol. The van der Waals surface area contributed by atoms with Crippen molar-refractivity contribution in [3.63, 3.8) is 0 Å².